The lowest BCUT2D eigenvalue weighted by Crippen LogP contribution is -2.50. The molecular formula is C14H19F3N4. The second kappa shape index (κ2) is 5.55. The third kappa shape index (κ3) is 3.29. The first-order valence-electron chi connectivity index (χ1n) is 6.71. The van der Waals surface area contributed by atoms with Gasteiger partial charge in [-0.3, -0.25) is 5.41 Å². The Bertz CT molecular complexity index is 542. The summed E-state index contributed by atoms with van der Waals surface area (Å²) < 4.78 is 38.4. The van der Waals surface area contributed by atoms with Gasteiger partial charge in [-0.25, -0.2) is 0 Å². The number of nitrogens with one attached hydrogen (secondary N) is 1. The zero-order valence-corrected chi connectivity index (χ0v) is 12.0. The molecule has 2 rings (SSSR count). The Morgan fingerprint density at radius 3 is 2.52 bits per heavy atom. The van der Waals surface area contributed by atoms with Gasteiger partial charge in [0.25, 0.3) is 0 Å². The summed E-state index contributed by atoms with van der Waals surface area (Å²) in [4.78, 5) is 4.18. The molecule has 1 aromatic rings. The number of hydrogen-bond acceptors (Lipinski definition) is 3. The lowest BCUT2D eigenvalue weighted by Gasteiger charge is -2.39. The molecule has 0 aromatic heterocycles. The van der Waals surface area contributed by atoms with E-state index in [0.717, 1.165) is 18.7 Å². The number of benzene rings is 1. The predicted octanol–water partition coefficient (Wildman–Crippen LogP) is 2.13. The smallest absolute Gasteiger partial charge is 0.384 e. The van der Waals surface area contributed by atoms with Crippen LogP contribution >= 0.6 is 0 Å². The highest BCUT2D eigenvalue weighted by Gasteiger charge is 2.32. The normalized spacial score (nSPS) is 20.6. The summed E-state index contributed by atoms with van der Waals surface area (Å²) in [5, 5.41) is 7.56. The zero-order chi connectivity index (χ0) is 15.8. The minimum atomic E-state index is -4.43. The van der Waals surface area contributed by atoms with Gasteiger partial charge in [0.1, 0.15) is 5.84 Å². The Morgan fingerprint density at radius 2 is 2.00 bits per heavy atom. The van der Waals surface area contributed by atoms with Crippen molar-refractivity contribution in [1.82, 2.24) is 4.90 Å². The monoisotopic (exact) mass is 300 g/mol. The van der Waals surface area contributed by atoms with Crippen LogP contribution in [0.3, 0.4) is 0 Å². The Kier molecular flexibility index (Phi) is 4.13. The summed E-state index contributed by atoms with van der Waals surface area (Å²) in [5.74, 6) is -0.345. The van der Waals surface area contributed by atoms with Crippen LogP contribution in [0.4, 0.5) is 18.9 Å². The first-order chi connectivity index (χ1) is 9.70. The third-order valence-corrected chi connectivity index (χ3v) is 3.91. The predicted molar refractivity (Wildman–Crippen MR) is 76.8 cm³/mol. The molecule has 21 heavy (non-hydrogen) atoms. The van der Waals surface area contributed by atoms with Gasteiger partial charge in [0.15, 0.2) is 0 Å². The number of amidine groups is 1. The molecule has 1 heterocycles. The second-order valence-corrected chi connectivity index (χ2v) is 5.42. The standard InChI is InChI=1S/C14H19F3N4/c1-9-8-21(6-5-20(9)2)12-4-3-10(14(15,16)17)7-11(12)13(18)19/h3-4,7,9H,5-6,8H2,1-2H3,(H3,18,19). The molecule has 1 atom stereocenters. The molecule has 1 aliphatic heterocycles. The van der Waals surface area contributed by atoms with Crippen LogP contribution in [0.15, 0.2) is 18.2 Å². The van der Waals surface area contributed by atoms with E-state index < -0.39 is 11.7 Å². The molecule has 1 aliphatic rings. The number of rotatable bonds is 2. The van der Waals surface area contributed by atoms with Crippen LogP contribution in [-0.2, 0) is 6.18 Å². The zero-order valence-electron chi connectivity index (χ0n) is 12.0. The molecule has 0 aliphatic carbocycles. The van der Waals surface area contributed by atoms with E-state index in [9.17, 15) is 13.2 Å². The van der Waals surface area contributed by atoms with E-state index in [1.807, 2.05) is 11.9 Å². The molecule has 0 radical (unpaired) electrons. The molecule has 1 aromatic carbocycles. The Balaban J connectivity index is 2.38. The van der Waals surface area contributed by atoms with Crippen molar-refractivity contribution in [3.8, 4) is 0 Å². The molecule has 1 saturated heterocycles. The highest BCUT2D eigenvalue weighted by atomic mass is 19.4. The van der Waals surface area contributed by atoms with Crippen LogP contribution in [0.25, 0.3) is 0 Å². The quantitative estimate of drug-likeness (QED) is 0.650. The minimum absolute atomic E-state index is 0.140. The fourth-order valence-electron chi connectivity index (χ4n) is 2.47. The second-order valence-electron chi connectivity index (χ2n) is 5.42. The highest BCUT2D eigenvalue weighted by molar-refractivity contribution is 6.00. The van der Waals surface area contributed by atoms with Crippen LogP contribution < -0.4 is 10.6 Å². The van der Waals surface area contributed by atoms with Crippen molar-refractivity contribution in [2.75, 3.05) is 31.6 Å². The number of nitrogens with two attached hydrogens (primary N) is 1. The van der Waals surface area contributed by atoms with Crippen LogP contribution in [-0.4, -0.2) is 43.5 Å². The van der Waals surface area contributed by atoms with Crippen LogP contribution in [0.2, 0.25) is 0 Å². The minimum Gasteiger partial charge on any atom is -0.384 e. The SMILES string of the molecule is CC1CN(c2ccc(C(F)(F)F)cc2C(=N)N)CCN1C. The Morgan fingerprint density at radius 1 is 1.33 bits per heavy atom. The number of halogens is 3. The number of likely N-dealkylation sites (N-methyl/N-ethyl adjacent to an activating group) is 1. The number of anilines is 1. The molecule has 0 amide bonds. The van der Waals surface area contributed by atoms with Crippen molar-refractivity contribution in [1.29, 1.82) is 5.41 Å². The summed E-state index contributed by atoms with van der Waals surface area (Å²) in [5.41, 5.74) is 5.43. The summed E-state index contributed by atoms with van der Waals surface area (Å²) in [7, 11) is 2.01. The average molecular weight is 300 g/mol. The van der Waals surface area contributed by atoms with E-state index >= 15 is 0 Å². The number of nitrogens with zero attached hydrogens (tertiary/aromatic N) is 2. The fourth-order valence-corrected chi connectivity index (χ4v) is 2.47. The largest absolute Gasteiger partial charge is 0.416 e. The first kappa shape index (κ1) is 15.6. The van der Waals surface area contributed by atoms with Crippen molar-refractivity contribution in [3.05, 3.63) is 29.3 Å². The maximum atomic E-state index is 12.8. The van der Waals surface area contributed by atoms with Crippen molar-refractivity contribution in [3.63, 3.8) is 0 Å². The third-order valence-electron chi connectivity index (χ3n) is 3.91. The van der Waals surface area contributed by atoms with Gasteiger partial charge < -0.3 is 15.5 Å². The lowest BCUT2D eigenvalue weighted by molar-refractivity contribution is -0.137. The summed E-state index contributed by atoms with van der Waals surface area (Å²) in [6, 6.07) is 3.71. The summed E-state index contributed by atoms with van der Waals surface area (Å²) in [6.45, 7) is 4.28. The van der Waals surface area contributed by atoms with E-state index in [-0.39, 0.29) is 11.4 Å². The van der Waals surface area contributed by atoms with Crippen molar-refractivity contribution >= 4 is 11.5 Å². The van der Waals surface area contributed by atoms with E-state index in [2.05, 4.69) is 11.8 Å². The van der Waals surface area contributed by atoms with Gasteiger partial charge in [0.05, 0.1) is 5.56 Å². The molecule has 0 saturated carbocycles. The van der Waals surface area contributed by atoms with Gasteiger partial charge in [0, 0.05) is 36.9 Å². The van der Waals surface area contributed by atoms with Gasteiger partial charge in [-0.1, -0.05) is 0 Å². The Labute approximate surface area is 121 Å². The topological polar surface area (TPSA) is 56.4 Å². The van der Waals surface area contributed by atoms with E-state index in [4.69, 9.17) is 11.1 Å². The van der Waals surface area contributed by atoms with Gasteiger partial charge in [-0.15, -0.1) is 0 Å². The van der Waals surface area contributed by atoms with Crippen molar-refractivity contribution < 1.29 is 13.2 Å². The summed E-state index contributed by atoms with van der Waals surface area (Å²) in [6.07, 6.45) is -4.43. The molecule has 4 nitrogen and oxygen atoms in total. The van der Waals surface area contributed by atoms with Crippen LogP contribution in [0.5, 0.6) is 0 Å². The van der Waals surface area contributed by atoms with E-state index in [1.54, 1.807) is 0 Å². The van der Waals surface area contributed by atoms with Gasteiger partial charge in [0.2, 0.25) is 0 Å². The summed E-state index contributed by atoms with van der Waals surface area (Å²) >= 11 is 0. The molecule has 3 N–H and O–H groups in total. The molecule has 0 spiro atoms. The van der Waals surface area contributed by atoms with Crippen molar-refractivity contribution in [2.45, 2.75) is 19.1 Å². The first-order valence-corrected chi connectivity index (χ1v) is 6.71. The maximum Gasteiger partial charge on any atom is 0.416 e. The van der Waals surface area contributed by atoms with Crippen molar-refractivity contribution in [2.24, 2.45) is 5.73 Å². The molecule has 1 fully saturated rings. The van der Waals surface area contributed by atoms with Crippen LogP contribution in [0.1, 0.15) is 18.1 Å². The number of piperazine rings is 1. The molecule has 7 heteroatoms. The van der Waals surface area contributed by atoms with Gasteiger partial charge in [-0.05, 0) is 32.2 Å². The van der Waals surface area contributed by atoms with E-state index in [1.165, 1.54) is 6.07 Å². The lowest BCUT2D eigenvalue weighted by atomic mass is 10.0. The maximum absolute atomic E-state index is 12.8. The molecular weight excluding hydrogens is 281 g/mol. The Hall–Kier alpha value is -1.76. The molecule has 1 unspecified atom stereocenters. The molecule has 0 bridgehead atoms. The number of nitrogen functional groups attached to an aromatic ring is 1. The number of hydrogen-bond donors (Lipinski definition) is 2. The molecule has 116 valence electrons. The van der Waals surface area contributed by atoms with E-state index in [0.29, 0.717) is 24.8 Å². The number of alkyl halides is 3. The van der Waals surface area contributed by atoms with Gasteiger partial charge >= 0.3 is 6.18 Å². The average Bonchev–Trinajstić information content (AvgIpc) is 2.40. The fraction of sp³-hybridized carbons (Fsp3) is 0.500. The van der Waals surface area contributed by atoms with Gasteiger partial charge in [-0.2, -0.15) is 13.2 Å². The van der Waals surface area contributed by atoms with Crippen LogP contribution in [0, 0.1) is 5.41 Å². The highest BCUT2D eigenvalue weighted by Crippen LogP contribution is 2.33.